The largest absolute Gasteiger partial charge is 0.275 e. The van der Waals surface area contributed by atoms with Crippen LogP contribution in [0.15, 0.2) is 43.2 Å². The lowest BCUT2D eigenvalue weighted by atomic mass is 9.81. The Labute approximate surface area is 149 Å². The van der Waals surface area contributed by atoms with Crippen LogP contribution in [0.2, 0.25) is 0 Å². The molecule has 0 amide bonds. The first kappa shape index (κ1) is 14.8. The molecule has 0 aliphatic heterocycles. The number of hydrogen-bond acceptors (Lipinski definition) is 5. The van der Waals surface area contributed by atoms with E-state index in [4.69, 9.17) is 10.2 Å². The molecule has 0 bridgehead atoms. The van der Waals surface area contributed by atoms with Crippen molar-refractivity contribution >= 4 is 5.52 Å². The standard InChI is InChI=1S/C18H16N8/c1-24-9-13(7-21-24)16-11-26-17(2-3-20-26)18(23-16)14-8-22-25(10-14)15-4-12(5-15)6-19/h2-3,7-12,15H,4-5H2,1H3. The van der Waals surface area contributed by atoms with Gasteiger partial charge in [0.25, 0.3) is 0 Å². The second-order valence-electron chi connectivity index (χ2n) is 6.70. The zero-order valence-corrected chi connectivity index (χ0v) is 14.2. The molecular formula is C18H16N8. The molecule has 1 aliphatic carbocycles. The minimum absolute atomic E-state index is 0.154. The van der Waals surface area contributed by atoms with Gasteiger partial charge >= 0.3 is 0 Å². The van der Waals surface area contributed by atoms with Crippen molar-refractivity contribution < 1.29 is 0 Å². The van der Waals surface area contributed by atoms with Crippen LogP contribution in [0.25, 0.3) is 28.0 Å². The Bertz CT molecular complexity index is 1140. The number of nitriles is 1. The molecule has 0 spiro atoms. The first-order chi connectivity index (χ1) is 12.7. The average molecular weight is 344 g/mol. The van der Waals surface area contributed by atoms with Crippen molar-refractivity contribution in [2.75, 3.05) is 0 Å². The van der Waals surface area contributed by atoms with Gasteiger partial charge in [0.2, 0.25) is 0 Å². The van der Waals surface area contributed by atoms with Crippen molar-refractivity contribution in [1.29, 1.82) is 5.26 Å². The number of fused-ring (bicyclic) bond motifs is 1. The molecule has 4 heterocycles. The minimum Gasteiger partial charge on any atom is -0.275 e. The summed E-state index contributed by atoms with van der Waals surface area (Å²) in [6.07, 6.45) is 13.0. The molecule has 1 fully saturated rings. The summed E-state index contributed by atoms with van der Waals surface area (Å²) in [4.78, 5) is 4.85. The van der Waals surface area contributed by atoms with E-state index in [1.165, 1.54) is 0 Å². The number of aryl methyl sites for hydroxylation is 1. The zero-order valence-electron chi connectivity index (χ0n) is 14.2. The highest BCUT2D eigenvalue weighted by Crippen LogP contribution is 2.37. The molecule has 1 saturated carbocycles. The van der Waals surface area contributed by atoms with Gasteiger partial charge in [-0.1, -0.05) is 0 Å². The Morgan fingerprint density at radius 2 is 1.92 bits per heavy atom. The van der Waals surface area contributed by atoms with Crippen molar-refractivity contribution in [1.82, 2.24) is 34.2 Å². The van der Waals surface area contributed by atoms with Crippen LogP contribution in [0, 0.1) is 17.2 Å². The first-order valence-corrected chi connectivity index (χ1v) is 8.49. The Morgan fingerprint density at radius 3 is 2.69 bits per heavy atom. The molecule has 5 rings (SSSR count). The van der Waals surface area contributed by atoms with Gasteiger partial charge in [-0.15, -0.1) is 0 Å². The van der Waals surface area contributed by atoms with E-state index in [0.717, 1.165) is 40.9 Å². The molecule has 0 N–H and O–H groups in total. The highest BCUT2D eigenvalue weighted by molar-refractivity contribution is 5.78. The topological polar surface area (TPSA) is 89.6 Å². The van der Waals surface area contributed by atoms with E-state index < -0.39 is 0 Å². The quantitative estimate of drug-likeness (QED) is 0.569. The summed E-state index contributed by atoms with van der Waals surface area (Å²) in [7, 11) is 1.88. The fourth-order valence-corrected chi connectivity index (χ4v) is 3.40. The molecule has 0 aromatic carbocycles. The summed E-state index contributed by atoms with van der Waals surface area (Å²) in [5.74, 6) is 0.154. The van der Waals surface area contributed by atoms with E-state index in [9.17, 15) is 0 Å². The molecule has 0 radical (unpaired) electrons. The Morgan fingerprint density at radius 1 is 1.08 bits per heavy atom. The predicted molar refractivity (Wildman–Crippen MR) is 93.8 cm³/mol. The van der Waals surface area contributed by atoms with Gasteiger partial charge in [-0.2, -0.15) is 20.6 Å². The molecule has 0 atom stereocenters. The first-order valence-electron chi connectivity index (χ1n) is 8.49. The second-order valence-corrected chi connectivity index (χ2v) is 6.70. The van der Waals surface area contributed by atoms with E-state index in [0.29, 0.717) is 6.04 Å². The van der Waals surface area contributed by atoms with Crippen LogP contribution in [-0.2, 0) is 7.05 Å². The summed E-state index contributed by atoms with van der Waals surface area (Å²) in [5.41, 5.74) is 4.47. The van der Waals surface area contributed by atoms with Gasteiger partial charge in [-0.05, 0) is 18.9 Å². The van der Waals surface area contributed by atoms with E-state index in [-0.39, 0.29) is 5.92 Å². The summed E-state index contributed by atoms with van der Waals surface area (Å²) in [5, 5.41) is 22.1. The van der Waals surface area contributed by atoms with Crippen LogP contribution < -0.4 is 0 Å². The highest BCUT2D eigenvalue weighted by atomic mass is 15.3. The van der Waals surface area contributed by atoms with Gasteiger partial charge in [0.05, 0.1) is 59.7 Å². The maximum Gasteiger partial charge on any atom is 0.0999 e. The van der Waals surface area contributed by atoms with Gasteiger partial charge in [-0.25, -0.2) is 9.50 Å². The van der Waals surface area contributed by atoms with Crippen LogP contribution in [0.5, 0.6) is 0 Å². The van der Waals surface area contributed by atoms with Crippen LogP contribution in [-0.4, -0.2) is 34.2 Å². The number of rotatable bonds is 3. The SMILES string of the molecule is Cn1cc(-c2cn3nccc3c(-c3cnn(C4CC(C#N)C4)c3)n2)cn1. The Balaban J connectivity index is 1.57. The summed E-state index contributed by atoms with van der Waals surface area (Å²) in [6.45, 7) is 0. The molecule has 1 aliphatic rings. The second kappa shape index (κ2) is 5.52. The molecule has 0 saturated heterocycles. The maximum atomic E-state index is 8.96. The third-order valence-corrected chi connectivity index (χ3v) is 4.94. The molecular weight excluding hydrogens is 328 g/mol. The van der Waals surface area contributed by atoms with Crippen molar-refractivity contribution in [2.45, 2.75) is 18.9 Å². The van der Waals surface area contributed by atoms with Gasteiger partial charge in [0.1, 0.15) is 0 Å². The zero-order chi connectivity index (χ0) is 17.7. The van der Waals surface area contributed by atoms with Gasteiger partial charge < -0.3 is 0 Å². The lowest BCUT2D eigenvalue weighted by Crippen LogP contribution is -2.25. The lowest BCUT2D eigenvalue weighted by Gasteiger charge is -2.30. The smallest absolute Gasteiger partial charge is 0.0999 e. The molecule has 8 heteroatoms. The Kier molecular flexibility index (Phi) is 3.15. The van der Waals surface area contributed by atoms with Crippen molar-refractivity contribution in [3.05, 3.63) is 43.2 Å². The third-order valence-electron chi connectivity index (χ3n) is 4.94. The molecule has 4 aromatic heterocycles. The minimum atomic E-state index is 0.154. The third kappa shape index (κ3) is 2.29. The van der Waals surface area contributed by atoms with Crippen LogP contribution in [0.3, 0.4) is 0 Å². The normalized spacial score (nSPS) is 19.4. The highest BCUT2D eigenvalue weighted by Gasteiger charge is 2.31. The number of nitrogens with zero attached hydrogens (tertiary/aromatic N) is 8. The number of aromatic nitrogens is 7. The summed E-state index contributed by atoms with van der Waals surface area (Å²) >= 11 is 0. The maximum absolute atomic E-state index is 8.96. The van der Waals surface area contributed by atoms with E-state index in [2.05, 4.69) is 21.4 Å². The van der Waals surface area contributed by atoms with E-state index in [1.807, 2.05) is 47.1 Å². The molecule has 4 aromatic rings. The van der Waals surface area contributed by atoms with Gasteiger partial charge in [0, 0.05) is 30.6 Å². The number of hydrogen-bond donors (Lipinski definition) is 0. The monoisotopic (exact) mass is 344 g/mol. The van der Waals surface area contributed by atoms with Crippen LogP contribution in [0.1, 0.15) is 18.9 Å². The van der Waals surface area contributed by atoms with Crippen molar-refractivity contribution in [2.24, 2.45) is 13.0 Å². The molecule has 26 heavy (non-hydrogen) atoms. The van der Waals surface area contributed by atoms with Crippen LogP contribution >= 0.6 is 0 Å². The molecule has 0 unspecified atom stereocenters. The molecule has 8 nitrogen and oxygen atoms in total. The lowest BCUT2D eigenvalue weighted by molar-refractivity contribution is 0.230. The summed E-state index contributed by atoms with van der Waals surface area (Å²) < 4.78 is 5.54. The van der Waals surface area contributed by atoms with Crippen molar-refractivity contribution in [3.8, 4) is 28.6 Å². The average Bonchev–Trinajstić information content (AvgIpc) is 3.32. The van der Waals surface area contributed by atoms with E-state index in [1.54, 1.807) is 17.1 Å². The van der Waals surface area contributed by atoms with E-state index >= 15 is 0 Å². The van der Waals surface area contributed by atoms with Gasteiger partial charge in [-0.3, -0.25) is 9.36 Å². The van der Waals surface area contributed by atoms with Crippen LogP contribution in [0.4, 0.5) is 0 Å². The fourth-order valence-electron chi connectivity index (χ4n) is 3.40. The van der Waals surface area contributed by atoms with Gasteiger partial charge in [0.15, 0.2) is 0 Å². The Hall–Kier alpha value is -3.47. The predicted octanol–water partition coefficient (Wildman–Crippen LogP) is 2.47. The fraction of sp³-hybridized carbons (Fsp3) is 0.278. The molecule has 128 valence electrons. The summed E-state index contributed by atoms with van der Waals surface area (Å²) in [6, 6.07) is 4.56. The van der Waals surface area contributed by atoms with Crippen molar-refractivity contribution in [3.63, 3.8) is 0 Å².